The van der Waals surface area contributed by atoms with Crippen molar-refractivity contribution in [1.29, 1.82) is 0 Å². The first kappa shape index (κ1) is 24.1. The number of hydrogen-bond donors (Lipinski definition) is 1. The molecule has 1 unspecified atom stereocenters. The van der Waals surface area contributed by atoms with Crippen LogP contribution in [0.15, 0.2) is 90.5 Å². The van der Waals surface area contributed by atoms with Crippen LogP contribution in [0.4, 0.5) is 0 Å². The second-order valence-electron chi connectivity index (χ2n) is 9.58. The van der Waals surface area contributed by atoms with E-state index in [0.717, 1.165) is 5.56 Å². The Labute approximate surface area is 219 Å². The van der Waals surface area contributed by atoms with Crippen molar-refractivity contribution >= 4 is 27.0 Å². The Morgan fingerprint density at radius 3 is 2.53 bits per heavy atom. The molecule has 5 aromatic rings. The van der Waals surface area contributed by atoms with Crippen LogP contribution in [0, 0.1) is 6.92 Å². The van der Waals surface area contributed by atoms with Gasteiger partial charge in [-0.3, -0.25) is 4.79 Å². The number of carbonyl (C=O) groups is 1. The summed E-state index contributed by atoms with van der Waals surface area (Å²) in [6.45, 7) is 2.38. The first-order chi connectivity index (χ1) is 18.2. The molecule has 0 bridgehead atoms. The predicted octanol–water partition coefficient (Wildman–Crippen LogP) is 3.48. The monoisotopic (exact) mass is 527 g/mol. The minimum absolute atomic E-state index is 0.171. The Hall–Kier alpha value is -4.28. The zero-order valence-corrected chi connectivity index (χ0v) is 21.6. The molecule has 1 N–H and O–H groups in total. The number of likely N-dealkylation sites (N-methyl/N-ethyl adjacent to an activating group) is 1. The van der Waals surface area contributed by atoms with Gasteiger partial charge in [0.25, 0.3) is 15.9 Å². The van der Waals surface area contributed by atoms with Crippen LogP contribution in [0.1, 0.15) is 17.5 Å². The van der Waals surface area contributed by atoms with Crippen molar-refractivity contribution in [3.63, 3.8) is 0 Å². The zero-order chi connectivity index (χ0) is 26.7. The number of nitrogens with zero attached hydrogens (tertiary/aromatic N) is 5. The Morgan fingerprint density at radius 2 is 1.79 bits per heavy atom. The summed E-state index contributed by atoms with van der Waals surface area (Å²) in [6, 6.07) is 17.4. The second-order valence-corrected chi connectivity index (χ2v) is 11.4. The van der Waals surface area contributed by atoms with Gasteiger partial charge in [0.2, 0.25) is 0 Å². The average Bonchev–Trinajstić information content (AvgIpc) is 3.63. The van der Waals surface area contributed by atoms with Crippen LogP contribution in [-0.4, -0.2) is 56.4 Å². The normalized spacial score (nSPS) is 18.0. The number of amides is 1. The lowest BCUT2D eigenvalue weighted by molar-refractivity contribution is -0.143. The van der Waals surface area contributed by atoms with E-state index in [1.807, 2.05) is 19.1 Å². The predicted molar refractivity (Wildman–Crippen MR) is 142 cm³/mol. The minimum Gasteiger partial charge on any atom is -0.375 e. The molecule has 38 heavy (non-hydrogen) atoms. The molecule has 4 heterocycles. The third kappa shape index (κ3) is 3.72. The lowest BCUT2D eigenvalue weighted by Crippen LogP contribution is -2.36. The number of aliphatic hydroxyl groups is 1. The molecule has 1 aliphatic heterocycles. The fourth-order valence-electron chi connectivity index (χ4n) is 4.89. The molecule has 1 atom stereocenters. The standard InChI is InChI=1S/C28H25N5O4S/c1-19-8-10-22(11-9-19)38(36,37)33-16-24(23-7-4-13-29-26(23)33)25-17-32(18-30-25)21-6-3-5-20(15-21)28(35)12-14-31(2)27(28)34/h3-11,13,15-18,35H,12,14H2,1-2H3. The molecule has 0 radical (unpaired) electrons. The third-order valence-electron chi connectivity index (χ3n) is 7.10. The van der Waals surface area contributed by atoms with Gasteiger partial charge in [0.1, 0.15) is 0 Å². The van der Waals surface area contributed by atoms with Crippen LogP contribution >= 0.6 is 0 Å². The number of likely N-dealkylation sites (tertiary alicyclic amines) is 1. The lowest BCUT2D eigenvalue weighted by atomic mass is 9.92. The van der Waals surface area contributed by atoms with Gasteiger partial charge in [-0.1, -0.05) is 29.8 Å². The molecule has 9 nitrogen and oxygen atoms in total. The molecule has 1 saturated heterocycles. The Bertz CT molecular complexity index is 1810. The minimum atomic E-state index is -3.89. The number of pyridine rings is 1. The summed E-state index contributed by atoms with van der Waals surface area (Å²) in [6.07, 6.45) is 6.84. The topological polar surface area (TPSA) is 110 Å². The summed E-state index contributed by atoms with van der Waals surface area (Å²) in [5, 5.41) is 11.7. The average molecular weight is 528 g/mol. The van der Waals surface area contributed by atoms with Gasteiger partial charge in [0.15, 0.2) is 11.2 Å². The number of aromatic nitrogens is 4. The summed E-state index contributed by atoms with van der Waals surface area (Å²) in [5.41, 5.74) is 2.12. The van der Waals surface area contributed by atoms with E-state index in [2.05, 4.69) is 9.97 Å². The highest BCUT2D eigenvalue weighted by atomic mass is 32.2. The van der Waals surface area contributed by atoms with Gasteiger partial charge >= 0.3 is 0 Å². The molecule has 3 aromatic heterocycles. The first-order valence-corrected chi connectivity index (χ1v) is 13.5. The summed E-state index contributed by atoms with van der Waals surface area (Å²) in [5.74, 6) is -0.323. The fraction of sp³-hybridized carbons (Fsp3) is 0.179. The Kier molecular flexibility index (Phi) is 5.48. The van der Waals surface area contributed by atoms with Crippen molar-refractivity contribution < 1.29 is 18.3 Å². The molecule has 0 aliphatic carbocycles. The van der Waals surface area contributed by atoms with E-state index < -0.39 is 15.6 Å². The first-order valence-electron chi connectivity index (χ1n) is 12.1. The van der Waals surface area contributed by atoms with Crippen molar-refractivity contribution in [2.75, 3.05) is 13.6 Å². The van der Waals surface area contributed by atoms with E-state index in [4.69, 9.17) is 0 Å². The van der Waals surface area contributed by atoms with E-state index in [0.29, 0.717) is 46.5 Å². The molecular formula is C28H25N5O4S. The van der Waals surface area contributed by atoms with Gasteiger partial charge in [-0.05, 0) is 48.9 Å². The summed E-state index contributed by atoms with van der Waals surface area (Å²) >= 11 is 0. The maximum absolute atomic E-state index is 13.5. The highest BCUT2D eigenvalue weighted by Crippen LogP contribution is 2.35. The highest BCUT2D eigenvalue weighted by Gasteiger charge is 2.45. The third-order valence-corrected chi connectivity index (χ3v) is 8.76. The zero-order valence-electron chi connectivity index (χ0n) is 20.8. The number of rotatable bonds is 5. The summed E-state index contributed by atoms with van der Waals surface area (Å²) in [7, 11) is -2.21. The number of fused-ring (bicyclic) bond motifs is 1. The van der Waals surface area contributed by atoms with Gasteiger partial charge in [-0.15, -0.1) is 0 Å². The number of aryl methyl sites for hydroxylation is 1. The van der Waals surface area contributed by atoms with Crippen LogP contribution < -0.4 is 0 Å². The molecule has 1 fully saturated rings. The fourth-order valence-corrected chi connectivity index (χ4v) is 6.21. The van der Waals surface area contributed by atoms with E-state index in [-0.39, 0.29) is 10.8 Å². The van der Waals surface area contributed by atoms with E-state index in [1.165, 1.54) is 8.87 Å². The van der Waals surface area contributed by atoms with Crippen LogP contribution in [0.3, 0.4) is 0 Å². The second kappa shape index (κ2) is 8.64. The van der Waals surface area contributed by atoms with Crippen LogP contribution in [-0.2, 0) is 20.4 Å². The maximum atomic E-state index is 13.5. The summed E-state index contributed by atoms with van der Waals surface area (Å²) < 4.78 is 30.0. The van der Waals surface area contributed by atoms with Gasteiger partial charge in [-0.25, -0.2) is 22.4 Å². The van der Waals surface area contributed by atoms with Crippen molar-refractivity contribution in [2.45, 2.75) is 23.8 Å². The highest BCUT2D eigenvalue weighted by molar-refractivity contribution is 7.90. The van der Waals surface area contributed by atoms with Crippen LogP contribution in [0.25, 0.3) is 28.0 Å². The maximum Gasteiger partial charge on any atom is 0.269 e. The SMILES string of the molecule is Cc1ccc(S(=O)(=O)n2cc(-c3cn(-c4cccc(C5(O)CCN(C)C5=O)c4)cn3)c3cccnc32)cc1. The molecular weight excluding hydrogens is 502 g/mol. The number of benzene rings is 2. The molecule has 1 amide bonds. The molecule has 2 aromatic carbocycles. The van der Waals surface area contributed by atoms with E-state index in [9.17, 15) is 18.3 Å². The van der Waals surface area contributed by atoms with Crippen molar-refractivity contribution in [3.05, 3.63) is 96.7 Å². The van der Waals surface area contributed by atoms with Crippen molar-refractivity contribution in [2.24, 2.45) is 0 Å². The molecule has 10 heteroatoms. The number of hydrogen-bond acceptors (Lipinski definition) is 6. The molecule has 192 valence electrons. The molecule has 1 aliphatic rings. The van der Waals surface area contributed by atoms with Crippen LogP contribution in [0.2, 0.25) is 0 Å². The lowest BCUT2D eigenvalue weighted by Gasteiger charge is -2.21. The van der Waals surface area contributed by atoms with Gasteiger partial charge < -0.3 is 14.6 Å². The molecule has 0 spiro atoms. The van der Waals surface area contributed by atoms with E-state index >= 15 is 0 Å². The molecule has 6 rings (SSSR count). The largest absolute Gasteiger partial charge is 0.375 e. The van der Waals surface area contributed by atoms with E-state index in [1.54, 1.807) is 85.1 Å². The quantitative estimate of drug-likeness (QED) is 0.375. The van der Waals surface area contributed by atoms with Gasteiger partial charge in [-0.2, -0.15) is 0 Å². The number of imidazole rings is 1. The molecule has 0 saturated carbocycles. The van der Waals surface area contributed by atoms with Crippen LogP contribution in [0.5, 0.6) is 0 Å². The Morgan fingerprint density at radius 1 is 1.00 bits per heavy atom. The summed E-state index contributed by atoms with van der Waals surface area (Å²) in [4.78, 5) is 23.2. The van der Waals surface area contributed by atoms with Gasteiger partial charge in [0.05, 0.1) is 16.9 Å². The van der Waals surface area contributed by atoms with Gasteiger partial charge in [0, 0.05) is 55.2 Å². The van der Waals surface area contributed by atoms with Crippen molar-refractivity contribution in [1.82, 2.24) is 23.4 Å². The number of carbonyl (C=O) groups excluding carboxylic acids is 1. The van der Waals surface area contributed by atoms with Crippen molar-refractivity contribution in [3.8, 4) is 16.9 Å². The smallest absolute Gasteiger partial charge is 0.269 e. The Balaban J connectivity index is 1.42.